The minimum atomic E-state index is 0.156. The Bertz CT molecular complexity index is 362. The molecule has 3 nitrogen and oxygen atoms in total. The van der Waals surface area contributed by atoms with E-state index in [0.717, 1.165) is 25.3 Å². The van der Waals surface area contributed by atoms with E-state index in [1.807, 2.05) is 32.9 Å². The Kier molecular flexibility index (Phi) is 7.63. The first kappa shape index (κ1) is 17.0. The lowest BCUT2D eigenvalue weighted by Crippen LogP contribution is -2.32. The maximum Gasteiger partial charge on any atom is 0.119 e. The van der Waals surface area contributed by atoms with Crippen molar-refractivity contribution in [2.24, 2.45) is 0 Å². The van der Waals surface area contributed by atoms with E-state index in [2.05, 4.69) is 31.3 Å². The third kappa shape index (κ3) is 5.51. The maximum absolute atomic E-state index is 5.76. The van der Waals surface area contributed by atoms with Gasteiger partial charge in [-0.05, 0) is 58.4 Å². The van der Waals surface area contributed by atoms with Gasteiger partial charge in [0.05, 0.1) is 18.2 Å². The number of hydrogen-bond acceptors (Lipinski definition) is 3. The Morgan fingerprint density at radius 3 is 2.20 bits per heavy atom. The van der Waals surface area contributed by atoms with E-state index >= 15 is 0 Å². The molecule has 1 aromatic rings. The molecule has 0 saturated carbocycles. The summed E-state index contributed by atoms with van der Waals surface area (Å²) < 4.78 is 11.4. The van der Waals surface area contributed by atoms with Crippen LogP contribution in [0.1, 0.15) is 52.6 Å². The second-order valence-electron chi connectivity index (χ2n) is 5.33. The second kappa shape index (κ2) is 8.98. The molecule has 0 aliphatic carbocycles. The Balaban J connectivity index is 2.78. The predicted octanol–water partition coefficient (Wildman–Crippen LogP) is 3.94. The van der Waals surface area contributed by atoms with E-state index in [9.17, 15) is 0 Å². The van der Waals surface area contributed by atoms with Crippen LogP contribution in [0.5, 0.6) is 5.75 Å². The van der Waals surface area contributed by atoms with Gasteiger partial charge in [0.15, 0.2) is 0 Å². The third-order valence-corrected chi connectivity index (χ3v) is 3.12. The van der Waals surface area contributed by atoms with E-state index in [1.165, 1.54) is 5.56 Å². The molecule has 1 N–H and O–H groups in total. The summed E-state index contributed by atoms with van der Waals surface area (Å²) in [5, 5.41) is 3.56. The van der Waals surface area contributed by atoms with Crippen LogP contribution in [0.2, 0.25) is 0 Å². The lowest BCUT2D eigenvalue weighted by Gasteiger charge is -2.26. The normalized spacial score (nSPS) is 14.3. The molecule has 1 rings (SSSR count). The largest absolute Gasteiger partial charge is 0.491 e. The minimum absolute atomic E-state index is 0.156. The van der Waals surface area contributed by atoms with Crippen molar-refractivity contribution < 1.29 is 9.47 Å². The molecule has 0 aliphatic heterocycles. The van der Waals surface area contributed by atoms with E-state index in [-0.39, 0.29) is 18.2 Å². The van der Waals surface area contributed by atoms with Crippen LogP contribution >= 0.6 is 0 Å². The Morgan fingerprint density at radius 2 is 1.70 bits per heavy atom. The number of ether oxygens (including phenoxy) is 2. The molecule has 2 atom stereocenters. The van der Waals surface area contributed by atoms with Crippen LogP contribution in [-0.4, -0.2) is 25.4 Å². The van der Waals surface area contributed by atoms with Gasteiger partial charge in [-0.3, -0.25) is 0 Å². The van der Waals surface area contributed by atoms with Crippen molar-refractivity contribution in [2.75, 3.05) is 13.2 Å². The lowest BCUT2D eigenvalue weighted by atomic mass is 10.0. The molecule has 1 aromatic carbocycles. The highest BCUT2D eigenvalue weighted by molar-refractivity contribution is 5.30. The van der Waals surface area contributed by atoms with Crippen molar-refractivity contribution in [3.8, 4) is 5.75 Å². The van der Waals surface area contributed by atoms with E-state index < -0.39 is 0 Å². The van der Waals surface area contributed by atoms with Gasteiger partial charge in [-0.2, -0.15) is 0 Å². The molecular weight excluding hydrogens is 250 g/mol. The Morgan fingerprint density at radius 1 is 1.05 bits per heavy atom. The molecule has 114 valence electrons. The average molecular weight is 279 g/mol. The molecule has 0 spiro atoms. The zero-order chi connectivity index (χ0) is 15.0. The molecule has 0 radical (unpaired) electrons. The van der Waals surface area contributed by atoms with E-state index in [0.29, 0.717) is 0 Å². The fraction of sp³-hybridized carbons (Fsp3) is 0.647. The molecule has 0 heterocycles. The summed E-state index contributed by atoms with van der Waals surface area (Å²) in [7, 11) is 0. The fourth-order valence-electron chi connectivity index (χ4n) is 2.24. The van der Waals surface area contributed by atoms with Crippen LogP contribution in [0, 0.1) is 0 Å². The van der Waals surface area contributed by atoms with Crippen molar-refractivity contribution in [1.82, 2.24) is 5.32 Å². The topological polar surface area (TPSA) is 30.5 Å². The number of hydrogen-bond donors (Lipinski definition) is 1. The summed E-state index contributed by atoms with van der Waals surface area (Å²) in [6, 6.07) is 8.55. The highest BCUT2D eigenvalue weighted by Crippen LogP contribution is 2.22. The van der Waals surface area contributed by atoms with Gasteiger partial charge in [-0.15, -0.1) is 0 Å². The zero-order valence-electron chi connectivity index (χ0n) is 13.5. The van der Waals surface area contributed by atoms with Crippen LogP contribution < -0.4 is 10.1 Å². The van der Waals surface area contributed by atoms with E-state index in [4.69, 9.17) is 9.47 Å². The van der Waals surface area contributed by atoms with Crippen molar-refractivity contribution in [1.29, 1.82) is 0 Å². The fourth-order valence-corrected chi connectivity index (χ4v) is 2.24. The number of nitrogens with one attached hydrogen (secondary N) is 1. The molecule has 0 aromatic heterocycles. The summed E-state index contributed by atoms with van der Waals surface area (Å²) >= 11 is 0. The highest BCUT2D eigenvalue weighted by atomic mass is 16.5. The van der Waals surface area contributed by atoms with Gasteiger partial charge in [-0.1, -0.05) is 19.1 Å². The molecule has 3 heteroatoms. The van der Waals surface area contributed by atoms with Gasteiger partial charge in [0.2, 0.25) is 0 Å². The summed E-state index contributed by atoms with van der Waals surface area (Å²) in [5.74, 6) is 0.919. The standard InChI is InChI=1S/C17H29NO2/c1-6-12-18-17(14(5)19-7-2)15-8-10-16(11-9-15)20-13(3)4/h8-11,13-14,17-18H,6-7,12H2,1-5H3. The van der Waals surface area contributed by atoms with Crippen LogP contribution in [0.4, 0.5) is 0 Å². The SMILES string of the molecule is CCCNC(c1ccc(OC(C)C)cc1)C(C)OCC. The Hall–Kier alpha value is -1.06. The third-order valence-electron chi connectivity index (χ3n) is 3.12. The van der Waals surface area contributed by atoms with Crippen LogP contribution in [0.25, 0.3) is 0 Å². The van der Waals surface area contributed by atoms with Gasteiger partial charge in [0.1, 0.15) is 5.75 Å². The van der Waals surface area contributed by atoms with Crippen molar-refractivity contribution in [3.63, 3.8) is 0 Å². The van der Waals surface area contributed by atoms with Crippen molar-refractivity contribution >= 4 is 0 Å². The maximum atomic E-state index is 5.76. The molecule has 0 amide bonds. The summed E-state index contributed by atoms with van der Waals surface area (Å²) in [6.07, 6.45) is 1.48. The van der Waals surface area contributed by atoms with Crippen LogP contribution in [-0.2, 0) is 4.74 Å². The minimum Gasteiger partial charge on any atom is -0.491 e. The lowest BCUT2D eigenvalue weighted by molar-refractivity contribution is 0.0472. The summed E-state index contributed by atoms with van der Waals surface area (Å²) in [4.78, 5) is 0. The molecule has 20 heavy (non-hydrogen) atoms. The monoisotopic (exact) mass is 279 g/mol. The predicted molar refractivity (Wildman–Crippen MR) is 84.3 cm³/mol. The molecule has 0 fully saturated rings. The number of rotatable bonds is 9. The molecule has 0 aliphatic rings. The van der Waals surface area contributed by atoms with Crippen molar-refractivity contribution in [2.45, 2.75) is 59.3 Å². The van der Waals surface area contributed by atoms with Gasteiger partial charge in [-0.25, -0.2) is 0 Å². The smallest absolute Gasteiger partial charge is 0.119 e. The molecule has 0 bridgehead atoms. The summed E-state index contributed by atoms with van der Waals surface area (Å²) in [5.41, 5.74) is 1.25. The highest BCUT2D eigenvalue weighted by Gasteiger charge is 2.18. The van der Waals surface area contributed by atoms with Crippen LogP contribution in [0.15, 0.2) is 24.3 Å². The Labute approximate surface area is 123 Å². The van der Waals surface area contributed by atoms with Gasteiger partial charge >= 0.3 is 0 Å². The van der Waals surface area contributed by atoms with Crippen LogP contribution in [0.3, 0.4) is 0 Å². The first-order valence-electron chi connectivity index (χ1n) is 7.70. The van der Waals surface area contributed by atoms with Gasteiger partial charge < -0.3 is 14.8 Å². The average Bonchev–Trinajstić information content (AvgIpc) is 2.40. The summed E-state index contributed by atoms with van der Waals surface area (Å²) in [6.45, 7) is 12.1. The molecule has 2 unspecified atom stereocenters. The zero-order valence-corrected chi connectivity index (χ0v) is 13.5. The quantitative estimate of drug-likeness (QED) is 0.742. The first-order valence-corrected chi connectivity index (χ1v) is 7.70. The number of benzene rings is 1. The van der Waals surface area contributed by atoms with Crippen molar-refractivity contribution in [3.05, 3.63) is 29.8 Å². The van der Waals surface area contributed by atoms with E-state index in [1.54, 1.807) is 0 Å². The first-order chi connectivity index (χ1) is 9.58. The van der Waals surface area contributed by atoms with Gasteiger partial charge in [0, 0.05) is 6.61 Å². The molecular formula is C17H29NO2. The second-order valence-corrected chi connectivity index (χ2v) is 5.33. The van der Waals surface area contributed by atoms with Gasteiger partial charge in [0.25, 0.3) is 0 Å². The molecule has 0 saturated heterocycles.